The van der Waals surface area contributed by atoms with E-state index in [1.54, 1.807) is 0 Å². The van der Waals surface area contributed by atoms with E-state index in [2.05, 4.69) is 45.9 Å². The van der Waals surface area contributed by atoms with Crippen LogP contribution in [0.2, 0.25) is 0 Å². The zero-order valence-electron chi connectivity index (χ0n) is 22.5. The predicted octanol–water partition coefficient (Wildman–Crippen LogP) is 5.79. The SMILES string of the molecule is CC(C)C/C=C/[C@@H](COS(=O)(=O)O)[C@H]1CC[C@H]2[C@@H]3CC=C4C[C@H](OS(=O)(=O)O)CC[C@]4(C)[C@H]3CC[C@]12C. The minimum absolute atomic E-state index is 0.00601. The van der Waals surface area contributed by atoms with Crippen LogP contribution in [0.4, 0.5) is 0 Å². The van der Waals surface area contributed by atoms with Crippen LogP contribution >= 0.6 is 0 Å². The van der Waals surface area contributed by atoms with E-state index in [9.17, 15) is 21.4 Å². The standard InChI is InChI=1S/C27H44O8S2/c1-18(2)6-5-7-19(17-34-36(28,29)30)23-10-11-24-22-9-8-20-16-21(35-37(31,32)33)12-14-26(20,3)25(22)13-15-27(23,24)4/h5,7-8,18-19,21-25H,6,9-17H2,1-4H3,(H,28,29,30)(H,31,32,33)/b7-5+/t19-,21+,22-,23+,24-,25-,26-,27+/m0/s1. The highest BCUT2D eigenvalue weighted by Crippen LogP contribution is 2.67. The Balaban J connectivity index is 1.54. The van der Waals surface area contributed by atoms with Crippen molar-refractivity contribution < 1.29 is 34.3 Å². The lowest BCUT2D eigenvalue weighted by Crippen LogP contribution is -2.51. The van der Waals surface area contributed by atoms with Gasteiger partial charge >= 0.3 is 20.8 Å². The number of hydrogen-bond donors (Lipinski definition) is 2. The number of fused-ring (bicyclic) bond motifs is 5. The first-order chi connectivity index (χ1) is 17.1. The maximum Gasteiger partial charge on any atom is 0.397 e. The molecular formula is C27H44O8S2. The lowest BCUT2D eigenvalue weighted by Gasteiger charge is -2.58. The quantitative estimate of drug-likeness (QED) is 0.268. The third kappa shape index (κ3) is 6.35. The van der Waals surface area contributed by atoms with E-state index in [0.717, 1.165) is 44.9 Å². The third-order valence-electron chi connectivity index (χ3n) is 10.3. The summed E-state index contributed by atoms with van der Waals surface area (Å²) in [6, 6.07) is 0. The van der Waals surface area contributed by atoms with Crippen LogP contribution in [0.3, 0.4) is 0 Å². The van der Waals surface area contributed by atoms with Gasteiger partial charge in [-0.05, 0) is 98.2 Å². The summed E-state index contributed by atoms with van der Waals surface area (Å²) >= 11 is 0. The summed E-state index contributed by atoms with van der Waals surface area (Å²) in [5.41, 5.74) is 1.33. The largest absolute Gasteiger partial charge is 0.397 e. The predicted molar refractivity (Wildman–Crippen MR) is 141 cm³/mol. The van der Waals surface area contributed by atoms with Gasteiger partial charge in [-0.1, -0.05) is 51.5 Å². The third-order valence-corrected chi connectivity index (χ3v) is 11.3. The fraction of sp³-hybridized carbons (Fsp3) is 0.852. The Kier molecular flexibility index (Phi) is 8.41. The Morgan fingerprint density at radius 3 is 2.41 bits per heavy atom. The van der Waals surface area contributed by atoms with E-state index in [1.165, 1.54) is 5.57 Å². The second-order valence-corrected chi connectivity index (χ2v) is 14.9. The van der Waals surface area contributed by atoms with E-state index in [-0.39, 0.29) is 29.3 Å². The molecule has 8 nitrogen and oxygen atoms in total. The lowest BCUT2D eigenvalue weighted by atomic mass is 9.47. The molecule has 4 aliphatic carbocycles. The smallest absolute Gasteiger partial charge is 0.264 e. The van der Waals surface area contributed by atoms with E-state index in [1.807, 2.05) is 0 Å². The van der Waals surface area contributed by atoms with Gasteiger partial charge in [0.1, 0.15) is 0 Å². The minimum Gasteiger partial charge on any atom is -0.264 e. The van der Waals surface area contributed by atoms with Crippen LogP contribution in [0.1, 0.15) is 85.5 Å². The van der Waals surface area contributed by atoms with Crippen LogP contribution < -0.4 is 0 Å². The molecule has 0 bridgehead atoms. The van der Waals surface area contributed by atoms with Crippen molar-refractivity contribution in [2.24, 2.45) is 46.3 Å². The Labute approximate surface area is 223 Å². The van der Waals surface area contributed by atoms with Crippen molar-refractivity contribution in [3.63, 3.8) is 0 Å². The van der Waals surface area contributed by atoms with Crippen LogP contribution in [0.15, 0.2) is 23.8 Å². The molecule has 0 unspecified atom stereocenters. The van der Waals surface area contributed by atoms with Crippen molar-refractivity contribution in [2.45, 2.75) is 91.6 Å². The molecule has 10 heteroatoms. The fourth-order valence-corrected chi connectivity index (χ4v) is 9.46. The van der Waals surface area contributed by atoms with Crippen LogP contribution in [0, 0.1) is 46.3 Å². The Morgan fingerprint density at radius 1 is 1.03 bits per heavy atom. The first kappa shape index (κ1) is 29.2. The van der Waals surface area contributed by atoms with Gasteiger partial charge in [0.15, 0.2) is 0 Å². The molecule has 0 aliphatic heterocycles. The minimum atomic E-state index is -4.50. The molecule has 37 heavy (non-hydrogen) atoms. The summed E-state index contributed by atoms with van der Waals surface area (Å²) in [6.07, 6.45) is 14.1. The van der Waals surface area contributed by atoms with E-state index in [4.69, 9.17) is 12.9 Å². The van der Waals surface area contributed by atoms with Crippen LogP contribution in [0.5, 0.6) is 0 Å². The molecule has 212 valence electrons. The monoisotopic (exact) mass is 560 g/mol. The van der Waals surface area contributed by atoms with Crippen molar-refractivity contribution in [3.8, 4) is 0 Å². The van der Waals surface area contributed by atoms with Gasteiger partial charge in [-0.25, -0.2) is 8.37 Å². The molecule has 3 fully saturated rings. The van der Waals surface area contributed by atoms with Crippen molar-refractivity contribution in [1.29, 1.82) is 0 Å². The molecule has 0 spiro atoms. The summed E-state index contributed by atoms with van der Waals surface area (Å²) in [5.74, 6) is 2.26. The summed E-state index contributed by atoms with van der Waals surface area (Å²) < 4.78 is 73.6. The topological polar surface area (TPSA) is 127 Å². The summed E-state index contributed by atoms with van der Waals surface area (Å²) in [6.45, 7) is 8.96. The Bertz CT molecular complexity index is 1110. The zero-order valence-corrected chi connectivity index (χ0v) is 24.1. The molecule has 0 amide bonds. The van der Waals surface area contributed by atoms with Gasteiger partial charge in [-0.2, -0.15) is 16.8 Å². The molecule has 0 aromatic heterocycles. The molecule has 0 radical (unpaired) electrons. The average Bonchev–Trinajstić information content (AvgIpc) is 3.11. The first-order valence-corrected chi connectivity index (χ1v) is 16.5. The van der Waals surface area contributed by atoms with Gasteiger partial charge < -0.3 is 0 Å². The molecule has 0 aromatic carbocycles. The summed E-state index contributed by atoms with van der Waals surface area (Å²) in [7, 11) is -8.96. The van der Waals surface area contributed by atoms with Crippen molar-refractivity contribution >= 4 is 20.8 Å². The first-order valence-electron chi connectivity index (χ1n) is 13.8. The fourth-order valence-electron chi connectivity index (χ4n) is 8.62. The van der Waals surface area contributed by atoms with E-state index >= 15 is 0 Å². The Hall–Kier alpha value is -0.780. The van der Waals surface area contributed by atoms with Gasteiger partial charge in [0.25, 0.3) is 0 Å². The molecule has 3 saturated carbocycles. The van der Waals surface area contributed by atoms with Gasteiger partial charge in [0, 0.05) is 5.92 Å². The van der Waals surface area contributed by atoms with Crippen LogP contribution in [0.25, 0.3) is 0 Å². The second kappa shape index (κ2) is 10.7. The zero-order chi connectivity index (χ0) is 27.2. The summed E-state index contributed by atoms with van der Waals surface area (Å²) in [4.78, 5) is 0. The number of allylic oxidation sites excluding steroid dienone is 2. The van der Waals surface area contributed by atoms with Gasteiger partial charge in [0.2, 0.25) is 0 Å². The molecule has 0 heterocycles. The molecule has 8 atom stereocenters. The number of hydrogen-bond acceptors (Lipinski definition) is 6. The maximum absolute atomic E-state index is 11.4. The van der Waals surface area contributed by atoms with Gasteiger partial charge in [-0.3, -0.25) is 9.11 Å². The van der Waals surface area contributed by atoms with Gasteiger partial charge in [-0.15, -0.1) is 0 Å². The molecule has 0 saturated heterocycles. The van der Waals surface area contributed by atoms with E-state index < -0.39 is 26.9 Å². The van der Waals surface area contributed by atoms with Crippen molar-refractivity contribution in [3.05, 3.63) is 23.8 Å². The second-order valence-electron chi connectivity index (χ2n) is 12.8. The average molecular weight is 561 g/mol. The lowest BCUT2D eigenvalue weighted by molar-refractivity contribution is -0.0558. The van der Waals surface area contributed by atoms with Crippen LogP contribution in [-0.2, 0) is 29.2 Å². The molecule has 2 N–H and O–H groups in total. The van der Waals surface area contributed by atoms with Crippen LogP contribution in [-0.4, -0.2) is 38.7 Å². The van der Waals surface area contributed by atoms with Crippen molar-refractivity contribution in [1.82, 2.24) is 0 Å². The maximum atomic E-state index is 11.4. The summed E-state index contributed by atoms with van der Waals surface area (Å²) in [5, 5.41) is 0. The molecule has 4 aliphatic rings. The highest BCUT2D eigenvalue weighted by molar-refractivity contribution is 7.81. The number of rotatable bonds is 9. The molecular weight excluding hydrogens is 516 g/mol. The normalized spacial score (nSPS) is 39.2. The highest BCUT2D eigenvalue weighted by atomic mass is 32.3. The Morgan fingerprint density at radius 2 is 1.76 bits per heavy atom. The highest BCUT2D eigenvalue weighted by Gasteiger charge is 2.59. The van der Waals surface area contributed by atoms with Gasteiger partial charge in [0.05, 0.1) is 12.7 Å². The van der Waals surface area contributed by atoms with E-state index in [0.29, 0.717) is 36.5 Å². The molecule has 4 rings (SSSR count). The van der Waals surface area contributed by atoms with Crippen molar-refractivity contribution in [2.75, 3.05) is 6.61 Å². The molecule has 0 aromatic rings.